The Morgan fingerprint density at radius 3 is 2.65 bits per heavy atom. The summed E-state index contributed by atoms with van der Waals surface area (Å²) in [6.07, 6.45) is 5.58. The van der Waals surface area contributed by atoms with E-state index in [9.17, 15) is 4.79 Å². The number of imidazole rings is 1. The minimum Gasteiger partial charge on any atom is -0.338 e. The monoisotopic (exact) mass is 367 g/mol. The fraction of sp³-hybridized carbons (Fsp3) is 0.368. The van der Waals surface area contributed by atoms with E-state index in [1.54, 1.807) is 11.7 Å². The van der Waals surface area contributed by atoms with Crippen molar-refractivity contribution < 1.29 is 4.79 Å². The molecule has 0 atom stereocenters. The number of amides is 1. The first kappa shape index (κ1) is 16.9. The van der Waals surface area contributed by atoms with Gasteiger partial charge >= 0.3 is 0 Å². The molecule has 7 heteroatoms. The van der Waals surface area contributed by atoms with Crippen molar-refractivity contribution >= 4 is 17.2 Å². The first-order valence-corrected chi connectivity index (χ1v) is 9.68. The second-order valence-corrected chi connectivity index (χ2v) is 7.45. The van der Waals surface area contributed by atoms with Crippen LogP contribution in [0.3, 0.4) is 0 Å². The van der Waals surface area contributed by atoms with E-state index < -0.39 is 0 Å². The molecule has 3 aromatic heterocycles. The Labute approximate surface area is 156 Å². The standard InChI is InChI=1S/C19H21N5OS/c1-13-18(26-12-21-13)19(25)23-9-6-15(7-10-23)16-4-3-5-17(22-16)24-11-8-20-14(24)2/h3-5,8,11-12,15H,6-7,9-10H2,1-2H3. The van der Waals surface area contributed by atoms with Crippen LogP contribution in [0.2, 0.25) is 0 Å². The fourth-order valence-electron chi connectivity index (χ4n) is 3.45. The van der Waals surface area contributed by atoms with Crippen LogP contribution in [-0.4, -0.2) is 43.4 Å². The van der Waals surface area contributed by atoms with Gasteiger partial charge in [0.25, 0.3) is 5.91 Å². The van der Waals surface area contributed by atoms with Gasteiger partial charge in [-0.15, -0.1) is 11.3 Å². The average Bonchev–Trinajstić information content (AvgIpc) is 3.29. The summed E-state index contributed by atoms with van der Waals surface area (Å²) < 4.78 is 1.99. The van der Waals surface area contributed by atoms with Gasteiger partial charge in [0.1, 0.15) is 16.5 Å². The van der Waals surface area contributed by atoms with Gasteiger partial charge in [-0.1, -0.05) is 6.07 Å². The number of hydrogen-bond donors (Lipinski definition) is 0. The molecule has 0 radical (unpaired) electrons. The van der Waals surface area contributed by atoms with E-state index in [0.717, 1.165) is 53.8 Å². The summed E-state index contributed by atoms with van der Waals surface area (Å²) in [5, 5.41) is 0. The van der Waals surface area contributed by atoms with Gasteiger partial charge in [-0.2, -0.15) is 0 Å². The zero-order valence-corrected chi connectivity index (χ0v) is 15.7. The van der Waals surface area contributed by atoms with Gasteiger partial charge in [0.15, 0.2) is 0 Å². The van der Waals surface area contributed by atoms with Gasteiger partial charge in [-0.3, -0.25) is 9.36 Å². The number of likely N-dealkylation sites (tertiary alicyclic amines) is 1. The Bertz CT molecular complexity index is 923. The van der Waals surface area contributed by atoms with Crippen molar-refractivity contribution in [1.82, 2.24) is 24.4 Å². The molecular formula is C19H21N5OS. The van der Waals surface area contributed by atoms with Gasteiger partial charge in [0, 0.05) is 37.1 Å². The Morgan fingerprint density at radius 2 is 2.00 bits per heavy atom. The number of rotatable bonds is 3. The third kappa shape index (κ3) is 3.14. The van der Waals surface area contributed by atoms with Crippen molar-refractivity contribution in [2.45, 2.75) is 32.6 Å². The average molecular weight is 367 g/mol. The molecule has 0 aliphatic carbocycles. The molecule has 0 spiro atoms. The zero-order chi connectivity index (χ0) is 18.1. The largest absolute Gasteiger partial charge is 0.338 e. The first-order chi connectivity index (χ1) is 12.6. The van der Waals surface area contributed by atoms with Crippen molar-refractivity contribution in [3.05, 3.63) is 58.2 Å². The maximum atomic E-state index is 12.6. The van der Waals surface area contributed by atoms with Crippen LogP contribution in [0.1, 0.15) is 45.6 Å². The Morgan fingerprint density at radius 1 is 1.19 bits per heavy atom. The molecule has 3 aromatic rings. The Balaban J connectivity index is 1.46. The van der Waals surface area contributed by atoms with E-state index >= 15 is 0 Å². The molecule has 1 fully saturated rings. The smallest absolute Gasteiger partial charge is 0.265 e. The molecule has 0 N–H and O–H groups in total. The molecule has 1 saturated heterocycles. The maximum Gasteiger partial charge on any atom is 0.265 e. The van der Waals surface area contributed by atoms with Gasteiger partial charge in [-0.05, 0) is 38.8 Å². The molecule has 0 saturated carbocycles. The van der Waals surface area contributed by atoms with Crippen LogP contribution in [-0.2, 0) is 0 Å². The molecule has 0 unspecified atom stereocenters. The number of nitrogens with zero attached hydrogens (tertiary/aromatic N) is 5. The highest BCUT2D eigenvalue weighted by Crippen LogP contribution is 2.29. The number of carbonyl (C=O) groups is 1. The minimum atomic E-state index is 0.110. The lowest BCUT2D eigenvalue weighted by atomic mass is 9.93. The molecule has 4 rings (SSSR count). The molecule has 0 bridgehead atoms. The number of thiazole rings is 1. The van der Waals surface area contributed by atoms with Crippen LogP contribution in [0, 0.1) is 13.8 Å². The summed E-state index contributed by atoms with van der Waals surface area (Å²) in [6.45, 7) is 5.39. The van der Waals surface area contributed by atoms with Crippen LogP contribution in [0.5, 0.6) is 0 Å². The van der Waals surface area contributed by atoms with Crippen molar-refractivity contribution in [1.29, 1.82) is 0 Å². The highest BCUT2D eigenvalue weighted by molar-refractivity contribution is 7.11. The summed E-state index contributed by atoms with van der Waals surface area (Å²) in [7, 11) is 0. The normalized spacial score (nSPS) is 15.4. The summed E-state index contributed by atoms with van der Waals surface area (Å²) in [6, 6.07) is 6.14. The lowest BCUT2D eigenvalue weighted by Gasteiger charge is -2.31. The van der Waals surface area contributed by atoms with Gasteiger partial charge < -0.3 is 4.90 Å². The number of aromatic nitrogens is 4. The Kier molecular flexibility index (Phi) is 4.55. The minimum absolute atomic E-state index is 0.110. The lowest BCUT2D eigenvalue weighted by molar-refractivity contribution is 0.0716. The summed E-state index contributed by atoms with van der Waals surface area (Å²) in [4.78, 5) is 28.7. The van der Waals surface area contributed by atoms with E-state index in [1.165, 1.54) is 11.3 Å². The van der Waals surface area contributed by atoms with Crippen LogP contribution < -0.4 is 0 Å². The van der Waals surface area contributed by atoms with Crippen molar-refractivity contribution in [3.8, 4) is 5.82 Å². The zero-order valence-electron chi connectivity index (χ0n) is 14.9. The molecule has 0 aromatic carbocycles. The topological polar surface area (TPSA) is 63.9 Å². The molecule has 4 heterocycles. The molecular weight excluding hydrogens is 346 g/mol. The quantitative estimate of drug-likeness (QED) is 0.712. The fourth-order valence-corrected chi connectivity index (χ4v) is 4.22. The predicted molar refractivity (Wildman–Crippen MR) is 101 cm³/mol. The second kappa shape index (κ2) is 6.99. The SMILES string of the molecule is Cc1ncsc1C(=O)N1CCC(c2cccc(-n3ccnc3C)n2)CC1. The number of carbonyl (C=O) groups excluding carboxylic acids is 1. The van der Waals surface area contributed by atoms with Crippen LogP contribution >= 0.6 is 11.3 Å². The second-order valence-electron chi connectivity index (χ2n) is 6.60. The number of pyridine rings is 1. The van der Waals surface area contributed by atoms with Gasteiger partial charge in [0.2, 0.25) is 0 Å². The van der Waals surface area contributed by atoms with E-state index in [1.807, 2.05) is 35.6 Å². The van der Waals surface area contributed by atoms with Crippen LogP contribution in [0.15, 0.2) is 36.1 Å². The third-order valence-corrected chi connectivity index (χ3v) is 5.89. The maximum absolute atomic E-state index is 12.6. The third-order valence-electron chi connectivity index (χ3n) is 4.97. The molecule has 1 aliphatic heterocycles. The van der Waals surface area contributed by atoms with Gasteiger partial charge in [-0.25, -0.2) is 15.0 Å². The number of hydrogen-bond acceptors (Lipinski definition) is 5. The van der Waals surface area contributed by atoms with E-state index in [2.05, 4.69) is 22.1 Å². The van der Waals surface area contributed by atoms with Crippen LogP contribution in [0.4, 0.5) is 0 Å². The highest BCUT2D eigenvalue weighted by Gasteiger charge is 2.27. The summed E-state index contributed by atoms with van der Waals surface area (Å²) >= 11 is 1.43. The molecule has 1 aliphatic rings. The number of aryl methyl sites for hydroxylation is 2. The van der Waals surface area contributed by atoms with Crippen LogP contribution in [0.25, 0.3) is 5.82 Å². The number of piperidine rings is 1. The molecule has 26 heavy (non-hydrogen) atoms. The van der Waals surface area contributed by atoms with Crippen molar-refractivity contribution in [2.75, 3.05) is 13.1 Å². The summed E-state index contributed by atoms with van der Waals surface area (Å²) in [5.74, 6) is 2.32. The van der Waals surface area contributed by atoms with Crippen molar-refractivity contribution in [2.24, 2.45) is 0 Å². The predicted octanol–water partition coefficient (Wildman–Crippen LogP) is 3.36. The Hall–Kier alpha value is -2.54. The first-order valence-electron chi connectivity index (χ1n) is 8.80. The lowest BCUT2D eigenvalue weighted by Crippen LogP contribution is -2.38. The highest BCUT2D eigenvalue weighted by atomic mass is 32.1. The molecule has 6 nitrogen and oxygen atoms in total. The van der Waals surface area contributed by atoms with E-state index in [-0.39, 0.29) is 5.91 Å². The van der Waals surface area contributed by atoms with E-state index in [0.29, 0.717) is 5.92 Å². The summed E-state index contributed by atoms with van der Waals surface area (Å²) in [5.41, 5.74) is 3.66. The molecule has 134 valence electrons. The van der Waals surface area contributed by atoms with Crippen molar-refractivity contribution in [3.63, 3.8) is 0 Å². The van der Waals surface area contributed by atoms with Gasteiger partial charge in [0.05, 0.1) is 11.2 Å². The van der Waals surface area contributed by atoms with E-state index in [4.69, 9.17) is 4.98 Å². The molecule has 1 amide bonds.